The zero-order valence-corrected chi connectivity index (χ0v) is 16.6. The molecule has 3 N–H and O–H groups in total. The van der Waals surface area contributed by atoms with Crippen LogP contribution < -0.4 is 16.0 Å². The lowest BCUT2D eigenvalue weighted by atomic mass is 10.0. The van der Waals surface area contributed by atoms with E-state index in [0.29, 0.717) is 49.1 Å². The summed E-state index contributed by atoms with van der Waals surface area (Å²) < 4.78 is 0. The number of hydrogen-bond acceptors (Lipinski definition) is 4. The third-order valence-corrected chi connectivity index (χ3v) is 5.13. The number of hydrogen-bond donors (Lipinski definition) is 3. The van der Waals surface area contributed by atoms with Crippen molar-refractivity contribution in [2.24, 2.45) is 11.8 Å². The molecule has 0 bridgehead atoms. The smallest absolute Gasteiger partial charge is 0.317 e. The highest BCUT2D eigenvalue weighted by molar-refractivity contribution is 5.99. The first-order chi connectivity index (χ1) is 13.0. The van der Waals surface area contributed by atoms with Crippen LogP contribution in [-0.4, -0.2) is 55.0 Å². The second-order valence-corrected chi connectivity index (χ2v) is 7.96. The summed E-state index contributed by atoms with van der Waals surface area (Å²) in [5, 5.41) is 9.09. The predicted molar refractivity (Wildman–Crippen MR) is 106 cm³/mol. The molecule has 7 nitrogen and oxygen atoms in total. The van der Waals surface area contributed by atoms with Gasteiger partial charge in [-0.3, -0.25) is 4.79 Å². The van der Waals surface area contributed by atoms with Crippen molar-refractivity contribution in [3.8, 4) is 0 Å². The number of urea groups is 1. The molecule has 2 heterocycles. The van der Waals surface area contributed by atoms with Gasteiger partial charge in [0.1, 0.15) is 5.82 Å². The van der Waals surface area contributed by atoms with E-state index in [1.165, 1.54) is 12.8 Å². The summed E-state index contributed by atoms with van der Waals surface area (Å²) in [7, 11) is 1.65. The molecule has 7 heteroatoms. The summed E-state index contributed by atoms with van der Waals surface area (Å²) in [5.41, 5.74) is 2.66. The van der Waals surface area contributed by atoms with Crippen molar-refractivity contribution < 1.29 is 9.59 Å². The highest BCUT2D eigenvalue weighted by atomic mass is 16.2. The number of pyridine rings is 1. The monoisotopic (exact) mass is 373 g/mol. The normalized spacial score (nSPS) is 16.5. The van der Waals surface area contributed by atoms with Crippen LogP contribution in [0.5, 0.6) is 0 Å². The number of anilines is 1. The molecular weight excluding hydrogens is 342 g/mol. The molecule has 1 aliphatic carbocycles. The van der Waals surface area contributed by atoms with Gasteiger partial charge in [-0.05, 0) is 42.7 Å². The van der Waals surface area contributed by atoms with Gasteiger partial charge in [0.2, 0.25) is 0 Å². The molecule has 148 valence electrons. The van der Waals surface area contributed by atoms with Crippen molar-refractivity contribution >= 4 is 17.8 Å². The number of nitrogens with zero attached hydrogens (tertiary/aromatic N) is 2. The summed E-state index contributed by atoms with van der Waals surface area (Å²) in [4.78, 5) is 31.3. The molecule has 27 heavy (non-hydrogen) atoms. The van der Waals surface area contributed by atoms with Gasteiger partial charge in [0.25, 0.3) is 5.91 Å². The zero-order chi connectivity index (χ0) is 19.4. The Kier molecular flexibility index (Phi) is 6.19. The second-order valence-electron chi connectivity index (χ2n) is 7.96. The predicted octanol–water partition coefficient (Wildman–Crippen LogP) is 2.03. The Balaban J connectivity index is 1.81. The summed E-state index contributed by atoms with van der Waals surface area (Å²) >= 11 is 0. The van der Waals surface area contributed by atoms with Crippen LogP contribution in [0.25, 0.3) is 0 Å². The SMILES string of the molecule is CNC(=O)N1CCc2cc(C(=O)NCC3CC3)c(NCC(C)C)nc2CC1. The maximum absolute atomic E-state index is 12.8. The molecule has 1 aromatic rings. The molecule has 0 aromatic carbocycles. The third kappa shape index (κ3) is 5.11. The van der Waals surface area contributed by atoms with E-state index < -0.39 is 0 Å². The summed E-state index contributed by atoms with van der Waals surface area (Å²) in [6.45, 7) is 7.03. The van der Waals surface area contributed by atoms with E-state index in [0.717, 1.165) is 24.3 Å². The topological polar surface area (TPSA) is 86.4 Å². The second kappa shape index (κ2) is 8.59. The number of nitrogens with one attached hydrogen (secondary N) is 3. The Labute approximate surface area is 161 Å². The Hall–Kier alpha value is -2.31. The van der Waals surface area contributed by atoms with Crippen LogP contribution in [0.3, 0.4) is 0 Å². The lowest BCUT2D eigenvalue weighted by Gasteiger charge is -2.18. The molecule has 0 saturated heterocycles. The first kappa shape index (κ1) is 19.5. The summed E-state index contributed by atoms with van der Waals surface area (Å²) in [6, 6.07) is 1.91. The number of amides is 3. The summed E-state index contributed by atoms with van der Waals surface area (Å²) in [5.74, 6) is 1.69. The third-order valence-electron chi connectivity index (χ3n) is 5.13. The van der Waals surface area contributed by atoms with E-state index in [4.69, 9.17) is 4.98 Å². The van der Waals surface area contributed by atoms with Crippen molar-refractivity contribution in [3.05, 3.63) is 22.9 Å². The van der Waals surface area contributed by atoms with Gasteiger partial charge in [-0.15, -0.1) is 0 Å². The first-order valence-corrected chi connectivity index (χ1v) is 9.99. The lowest BCUT2D eigenvalue weighted by molar-refractivity contribution is 0.0952. The standard InChI is InChI=1S/C20H31N5O2/c1-13(2)11-22-18-16(19(26)23-12-14-4-5-14)10-15-6-8-25(20(27)21-3)9-7-17(15)24-18/h10,13-14H,4-9,11-12H2,1-3H3,(H,21,27)(H,22,24)(H,23,26). The van der Waals surface area contributed by atoms with Crippen LogP contribution in [0.4, 0.5) is 10.6 Å². The maximum Gasteiger partial charge on any atom is 0.317 e. The molecule has 0 radical (unpaired) electrons. The van der Waals surface area contributed by atoms with Crippen molar-refractivity contribution in [2.45, 2.75) is 39.5 Å². The quantitative estimate of drug-likeness (QED) is 0.712. The number of fused-ring (bicyclic) bond motifs is 1. The van der Waals surface area contributed by atoms with Gasteiger partial charge < -0.3 is 20.9 Å². The van der Waals surface area contributed by atoms with Gasteiger partial charge >= 0.3 is 6.03 Å². The minimum absolute atomic E-state index is 0.0594. The van der Waals surface area contributed by atoms with E-state index in [1.54, 1.807) is 11.9 Å². The molecule has 0 atom stereocenters. The Morgan fingerprint density at radius 1 is 1.26 bits per heavy atom. The van der Waals surface area contributed by atoms with E-state index in [1.807, 2.05) is 6.07 Å². The Bertz CT molecular complexity index is 700. The van der Waals surface area contributed by atoms with E-state index in [-0.39, 0.29) is 11.9 Å². The fourth-order valence-corrected chi connectivity index (χ4v) is 3.26. The molecular formula is C20H31N5O2. The maximum atomic E-state index is 12.8. The van der Waals surface area contributed by atoms with Crippen LogP contribution in [0.1, 0.15) is 48.3 Å². The number of carbonyl (C=O) groups is 2. The first-order valence-electron chi connectivity index (χ1n) is 9.99. The number of carbonyl (C=O) groups excluding carboxylic acids is 2. The molecule has 2 aliphatic rings. The average Bonchev–Trinajstić information content (AvgIpc) is 3.49. The van der Waals surface area contributed by atoms with Crippen molar-refractivity contribution in [3.63, 3.8) is 0 Å². The highest BCUT2D eigenvalue weighted by Gasteiger charge is 2.25. The molecule has 3 rings (SSSR count). The average molecular weight is 374 g/mol. The van der Waals surface area contributed by atoms with E-state index in [2.05, 4.69) is 29.8 Å². The van der Waals surface area contributed by atoms with Gasteiger partial charge in [-0.1, -0.05) is 13.8 Å². The Morgan fingerprint density at radius 3 is 2.67 bits per heavy atom. The molecule has 1 aromatic heterocycles. The van der Waals surface area contributed by atoms with Gasteiger partial charge in [0, 0.05) is 45.3 Å². The van der Waals surface area contributed by atoms with Crippen LogP contribution in [0.2, 0.25) is 0 Å². The number of rotatable bonds is 6. The minimum Gasteiger partial charge on any atom is -0.369 e. The molecule has 0 spiro atoms. The van der Waals surface area contributed by atoms with E-state index >= 15 is 0 Å². The molecule has 1 aliphatic heterocycles. The van der Waals surface area contributed by atoms with Crippen LogP contribution >= 0.6 is 0 Å². The largest absolute Gasteiger partial charge is 0.369 e. The fraction of sp³-hybridized carbons (Fsp3) is 0.650. The van der Waals surface area contributed by atoms with Crippen LogP contribution in [0.15, 0.2) is 6.07 Å². The van der Waals surface area contributed by atoms with Crippen molar-refractivity contribution in [2.75, 3.05) is 38.5 Å². The van der Waals surface area contributed by atoms with Crippen LogP contribution in [-0.2, 0) is 12.8 Å². The Morgan fingerprint density at radius 2 is 2.00 bits per heavy atom. The molecule has 1 saturated carbocycles. The highest BCUT2D eigenvalue weighted by Crippen LogP contribution is 2.28. The molecule has 1 fully saturated rings. The van der Waals surface area contributed by atoms with E-state index in [9.17, 15) is 9.59 Å². The van der Waals surface area contributed by atoms with Crippen molar-refractivity contribution in [1.29, 1.82) is 0 Å². The molecule has 0 unspecified atom stereocenters. The summed E-state index contributed by atoms with van der Waals surface area (Å²) in [6.07, 6.45) is 3.82. The van der Waals surface area contributed by atoms with Gasteiger partial charge in [-0.25, -0.2) is 9.78 Å². The van der Waals surface area contributed by atoms with Gasteiger partial charge in [-0.2, -0.15) is 0 Å². The van der Waals surface area contributed by atoms with Gasteiger partial charge in [0.15, 0.2) is 0 Å². The van der Waals surface area contributed by atoms with Crippen LogP contribution in [0, 0.1) is 11.8 Å². The number of aromatic nitrogens is 1. The fourth-order valence-electron chi connectivity index (χ4n) is 3.26. The molecule has 3 amide bonds. The van der Waals surface area contributed by atoms with Crippen molar-refractivity contribution in [1.82, 2.24) is 20.5 Å². The van der Waals surface area contributed by atoms with Gasteiger partial charge in [0.05, 0.1) is 5.56 Å². The lowest BCUT2D eigenvalue weighted by Crippen LogP contribution is -2.39. The minimum atomic E-state index is -0.0663. The zero-order valence-electron chi connectivity index (χ0n) is 16.6.